The highest BCUT2D eigenvalue weighted by Gasteiger charge is 2.44. The number of morpholine rings is 6. The number of aromatic amines is 2. The second kappa shape index (κ2) is 48.6. The van der Waals surface area contributed by atoms with E-state index in [-0.39, 0.29) is 48.4 Å². The number of benzene rings is 6. The van der Waals surface area contributed by atoms with E-state index in [1.54, 1.807) is 0 Å². The summed E-state index contributed by atoms with van der Waals surface area (Å²) >= 11 is 0. The highest BCUT2D eigenvalue weighted by atomic mass is 16.5. The summed E-state index contributed by atoms with van der Waals surface area (Å²) in [6, 6.07) is 44.1. The quantitative estimate of drug-likeness (QED) is 0.0817. The molecule has 24 heteroatoms. The zero-order valence-electron chi connectivity index (χ0n) is 88.3. The zero-order chi connectivity index (χ0) is 101. The Morgan fingerprint density at radius 3 is 0.836 bits per heavy atom. The lowest BCUT2D eigenvalue weighted by molar-refractivity contribution is -0.150. The van der Waals surface area contributed by atoms with E-state index in [1.807, 2.05) is 12.3 Å². The Kier molecular flexibility index (Phi) is 34.5. The minimum atomic E-state index is 0.270. The smallest absolute Gasteiger partial charge is 0.223 e. The SMILES string of the molecule is Cc1cccc2[nH]cc(CCC(=O)N3CCOC4CCCCC43)c12.Cc1cccc2c1c(CCC(=O)N1CCO[C@@H]3CCCCC31)cn2C.Cc1cccc2c1c(CCC(=O)N1CCO[C@@H]3CCCCC31)cn2C.Cc1cccc2c1c(CCC(=O)N1CCO[C@@H]3CCCCC31)cn2C.Cn1cc(CCC(=O)N2CCO[C@@H]3CCCCC32)c2ccccc21.O=C(CCc1c[nH]c2ccccc12)N1CCOC2CCCCC21. The van der Waals surface area contributed by atoms with E-state index in [9.17, 15) is 28.8 Å². The van der Waals surface area contributed by atoms with Gasteiger partial charge in [0.2, 0.25) is 35.4 Å². The number of para-hydroxylation sites is 2. The largest absolute Gasteiger partial charge is 0.374 e. The highest BCUT2D eigenvalue weighted by molar-refractivity contribution is 5.92. The number of carbonyl (C=O) groups excluding carboxylic acids is 6. The van der Waals surface area contributed by atoms with Crippen LogP contribution in [0.25, 0.3) is 65.4 Å². The van der Waals surface area contributed by atoms with E-state index < -0.39 is 0 Å². The molecule has 6 saturated carbocycles. The van der Waals surface area contributed by atoms with Crippen molar-refractivity contribution in [3.8, 4) is 0 Å². The molecule has 146 heavy (non-hydrogen) atoms. The molecule has 12 aromatic rings. The lowest BCUT2D eigenvalue weighted by atomic mass is 9.90. The summed E-state index contributed by atoms with van der Waals surface area (Å²) < 4.78 is 44.0. The first-order chi connectivity index (χ1) is 71.2. The van der Waals surface area contributed by atoms with Gasteiger partial charge >= 0.3 is 0 Å². The average molecular weight is 1990 g/mol. The maximum absolute atomic E-state index is 12.9. The molecule has 24 rings (SSSR count). The molecule has 6 aliphatic carbocycles. The van der Waals surface area contributed by atoms with Crippen molar-refractivity contribution in [2.45, 2.75) is 332 Å². The van der Waals surface area contributed by atoms with Crippen molar-refractivity contribution < 1.29 is 57.2 Å². The number of aryl methyl sites for hydroxylation is 14. The molecule has 6 saturated heterocycles. The molecular weight excluding hydrogens is 1830 g/mol. The van der Waals surface area contributed by atoms with Gasteiger partial charge in [0.05, 0.1) is 113 Å². The van der Waals surface area contributed by atoms with Gasteiger partial charge in [-0.3, -0.25) is 28.8 Å². The Morgan fingerprint density at radius 1 is 0.253 bits per heavy atom. The monoisotopic (exact) mass is 1990 g/mol. The molecule has 0 radical (unpaired) electrons. The van der Waals surface area contributed by atoms with Crippen molar-refractivity contribution in [1.82, 2.24) is 57.6 Å². The van der Waals surface area contributed by atoms with Crippen LogP contribution in [0.4, 0.5) is 0 Å². The van der Waals surface area contributed by atoms with Crippen molar-refractivity contribution in [3.63, 3.8) is 0 Å². The topological polar surface area (TPSA) is 229 Å². The Bertz CT molecular complexity index is 6120. The van der Waals surface area contributed by atoms with E-state index in [0.29, 0.717) is 138 Å². The third-order valence-corrected chi connectivity index (χ3v) is 34.5. The molecule has 12 heterocycles. The number of aromatic nitrogens is 6. The fourth-order valence-corrected chi connectivity index (χ4v) is 27.1. The zero-order valence-corrected chi connectivity index (χ0v) is 88.3. The summed E-state index contributed by atoms with van der Waals surface area (Å²) in [6.45, 7) is 17.3. The summed E-state index contributed by atoms with van der Waals surface area (Å²) in [4.78, 5) is 96.4. The van der Waals surface area contributed by atoms with Gasteiger partial charge in [0.25, 0.3) is 0 Å². The first-order valence-electron chi connectivity index (χ1n) is 56.0. The van der Waals surface area contributed by atoms with Crippen LogP contribution in [-0.4, -0.2) is 245 Å². The third-order valence-electron chi connectivity index (χ3n) is 34.5. The number of amides is 6. The molecule has 780 valence electrons. The molecule has 24 nitrogen and oxygen atoms in total. The van der Waals surface area contributed by atoms with E-state index in [0.717, 1.165) is 166 Å². The lowest BCUT2D eigenvalue weighted by Gasteiger charge is -2.43. The van der Waals surface area contributed by atoms with Crippen molar-refractivity contribution in [2.24, 2.45) is 28.2 Å². The van der Waals surface area contributed by atoms with Gasteiger partial charge in [-0.15, -0.1) is 0 Å². The molecule has 6 aromatic heterocycles. The predicted octanol–water partition coefficient (Wildman–Crippen LogP) is 20.9. The van der Waals surface area contributed by atoms with Gasteiger partial charge in [-0.25, -0.2) is 0 Å². The van der Waals surface area contributed by atoms with E-state index in [1.165, 1.54) is 187 Å². The molecule has 0 spiro atoms. The number of nitrogens with zero attached hydrogens (tertiary/aromatic N) is 10. The Labute approximate surface area is 863 Å². The van der Waals surface area contributed by atoms with Gasteiger partial charge in [0, 0.05) is 209 Å². The molecule has 12 fully saturated rings. The summed E-state index contributed by atoms with van der Waals surface area (Å²) in [5.74, 6) is 1.76. The molecule has 12 atom stereocenters. The minimum absolute atomic E-state index is 0.270. The molecule has 0 bridgehead atoms. The second-order valence-electron chi connectivity index (χ2n) is 43.7. The van der Waals surface area contributed by atoms with Gasteiger partial charge in [-0.1, -0.05) is 162 Å². The van der Waals surface area contributed by atoms with Gasteiger partial charge in [0.1, 0.15) is 0 Å². The molecule has 12 aliphatic rings. The first-order valence-corrected chi connectivity index (χ1v) is 56.0. The van der Waals surface area contributed by atoms with E-state index >= 15 is 0 Å². The predicted molar refractivity (Wildman–Crippen MR) is 579 cm³/mol. The van der Waals surface area contributed by atoms with Crippen LogP contribution in [0.2, 0.25) is 0 Å². The maximum Gasteiger partial charge on any atom is 0.223 e. The van der Waals surface area contributed by atoms with Crippen LogP contribution in [0.1, 0.15) is 248 Å². The summed E-state index contributed by atoms with van der Waals surface area (Å²) in [5, 5.41) is 7.73. The van der Waals surface area contributed by atoms with Crippen molar-refractivity contribution in [3.05, 3.63) is 214 Å². The summed E-state index contributed by atoms with van der Waals surface area (Å²) in [6.07, 6.45) is 50.9. The molecule has 2 N–H and O–H groups in total. The molecule has 8 unspecified atom stereocenters. The van der Waals surface area contributed by atoms with E-state index in [2.05, 4.69) is 260 Å². The van der Waals surface area contributed by atoms with Crippen LogP contribution < -0.4 is 0 Å². The minimum Gasteiger partial charge on any atom is -0.374 e. The number of fused-ring (bicyclic) bond motifs is 12. The van der Waals surface area contributed by atoms with Crippen LogP contribution in [0.5, 0.6) is 0 Å². The molecular formula is C122H160N12O12. The number of ether oxygens (including phenoxy) is 6. The van der Waals surface area contributed by atoms with Crippen LogP contribution >= 0.6 is 0 Å². The number of rotatable bonds is 18. The number of hydrogen-bond donors (Lipinski definition) is 2. The highest BCUT2D eigenvalue weighted by Crippen LogP contribution is 2.40. The second-order valence-corrected chi connectivity index (χ2v) is 43.7. The standard InChI is InChI=1S/3C21H28N2O2.2C20H26N2O2.C19H24N2O2/c3*1-15-6-5-8-18-21(15)16(14-22(18)2)10-11-20(24)23-12-13-25-19-9-4-3-7-17(19)23;1-14-5-4-6-16-20(14)15(13-21-16)9-10-19(23)22-11-12-24-18-8-3-2-7-17(18)22;1-21-14-15(16-6-2-3-7-17(16)21)10-11-20(23)22-12-13-24-19-9-5-4-8-18(19)22;22-19(21-11-12-23-18-8-4-3-7-17(18)21)10-9-14-13-20-16-6-2-1-5-15(14)16/h3*5-6,8,14,17,19H,3-4,7,9-13H2,1-2H3;4-6,13,17-18,21H,2-3,7-12H2,1H3;2-3,6-7,14,18-19H,4-5,8-13H2,1H3;1-2,5-6,13,17-18,20H,3-4,7-12H2/t3*17?,19-;;18?,19-;/m111.1./s1. The van der Waals surface area contributed by atoms with Gasteiger partial charge in [0.15, 0.2) is 0 Å². The number of H-pyrrole nitrogens is 2. The van der Waals surface area contributed by atoms with Crippen molar-refractivity contribution in [2.75, 3.05) is 78.9 Å². The third kappa shape index (κ3) is 23.7. The Balaban J connectivity index is 0.000000111. The Hall–Kier alpha value is -10.9. The van der Waals surface area contributed by atoms with Crippen LogP contribution in [0.3, 0.4) is 0 Å². The van der Waals surface area contributed by atoms with E-state index in [4.69, 9.17) is 28.4 Å². The normalized spacial score (nSPS) is 24.0. The van der Waals surface area contributed by atoms with Crippen LogP contribution in [0, 0.1) is 27.7 Å². The fraction of sp³-hybridized carbons (Fsp3) is 0.557. The van der Waals surface area contributed by atoms with Crippen molar-refractivity contribution >= 4 is 101 Å². The van der Waals surface area contributed by atoms with Crippen LogP contribution in [-0.2, 0) is 124 Å². The lowest BCUT2D eigenvalue weighted by Crippen LogP contribution is -2.54. The first kappa shape index (κ1) is 104. The number of carbonyl (C=O) groups is 6. The molecule has 6 amide bonds. The summed E-state index contributed by atoms with van der Waals surface area (Å²) in [5.41, 5.74) is 20.1. The fourth-order valence-electron chi connectivity index (χ4n) is 27.1. The van der Waals surface area contributed by atoms with Gasteiger partial charge in [-0.2, -0.15) is 0 Å². The number of nitrogens with one attached hydrogen (secondary N) is 2. The van der Waals surface area contributed by atoms with Gasteiger partial charge < -0.3 is 86.1 Å². The van der Waals surface area contributed by atoms with Crippen molar-refractivity contribution in [1.29, 1.82) is 0 Å². The average Bonchev–Trinajstić information content (AvgIpc) is 1.64. The Morgan fingerprint density at radius 2 is 0.493 bits per heavy atom. The molecule has 6 aromatic carbocycles. The molecule has 6 aliphatic heterocycles. The van der Waals surface area contributed by atoms with Crippen LogP contribution in [0.15, 0.2) is 159 Å². The maximum atomic E-state index is 12.9. The number of hydrogen-bond acceptors (Lipinski definition) is 12. The van der Waals surface area contributed by atoms with Gasteiger partial charge in [-0.05, 0) is 235 Å². The summed E-state index contributed by atoms with van der Waals surface area (Å²) in [7, 11) is 8.33.